The summed E-state index contributed by atoms with van der Waals surface area (Å²) in [6, 6.07) is 15.3. The molecule has 0 atom stereocenters. The van der Waals surface area contributed by atoms with E-state index in [-0.39, 0.29) is 18.1 Å². The first kappa shape index (κ1) is 18.3. The molecule has 1 heterocycles. The summed E-state index contributed by atoms with van der Waals surface area (Å²) < 4.78 is 12.9. The minimum absolute atomic E-state index is 0.117. The third-order valence-corrected chi connectivity index (χ3v) is 4.02. The first-order valence-electron chi connectivity index (χ1n) is 8.41. The van der Waals surface area contributed by atoms with Gasteiger partial charge in [0.2, 0.25) is 5.75 Å². The van der Waals surface area contributed by atoms with E-state index in [1.807, 2.05) is 30.3 Å². The zero-order valence-corrected chi connectivity index (χ0v) is 14.4. The molecule has 0 saturated heterocycles. The van der Waals surface area contributed by atoms with Crippen LogP contribution in [0.15, 0.2) is 59.4 Å². The molecule has 3 N–H and O–H groups in total. The minimum atomic E-state index is -0.764. The lowest BCUT2D eigenvalue weighted by Crippen LogP contribution is -2.27. The van der Waals surface area contributed by atoms with Crippen molar-refractivity contribution in [3.05, 3.63) is 93.4 Å². The van der Waals surface area contributed by atoms with E-state index < -0.39 is 17.2 Å². The van der Waals surface area contributed by atoms with Crippen LogP contribution in [-0.4, -0.2) is 21.0 Å². The van der Waals surface area contributed by atoms with E-state index in [2.05, 4.69) is 15.3 Å². The van der Waals surface area contributed by atoms with Gasteiger partial charge in [-0.15, -0.1) is 0 Å². The van der Waals surface area contributed by atoms with E-state index in [1.54, 1.807) is 0 Å². The van der Waals surface area contributed by atoms with Crippen LogP contribution in [0.4, 0.5) is 4.39 Å². The summed E-state index contributed by atoms with van der Waals surface area (Å²) in [5.74, 6) is -1.46. The van der Waals surface area contributed by atoms with E-state index >= 15 is 0 Å². The van der Waals surface area contributed by atoms with Crippen LogP contribution < -0.4 is 10.9 Å². The third kappa shape index (κ3) is 4.78. The maximum atomic E-state index is 12.9. The first-order chi connectivity index (χ1) is 13.0. The molecule has 1 aromatic heterocycles. The smallest absolute Gasteiger partial charge is 0.293 e. The Kier molecular flexibility index (Phi) is 5.61. The number of amides is 1. The number of nitrogens with one attached hydrogen (secondary N) is 2. The van der Waals surface area contributed by atoms with Crippen molar-refractivity contribution < 1.29 is 14.3 Å². The molecule has 0 unspecified atom stereocenters. The molecular weight excluding hydrogens is 349 g/mol. The van der Waals surface area contributed by atoms with Crippen LogP contribution in [0.2, 0.25) is 0 Å². The van der Waals surface area contributed by atoms with Crippen molar-refractivity contribution in [3.63, 3.8) is 0 Å². The summed E-state index contributed by atoms with van der Waals surface area (Å²) in [5, 5.41) is 12.5. The highest BCUT2D eigenvalue weighted by molar-refractivity contribution is 5.94. The van der Waals surface area contributed by atoms with Gasteiger partial charge < -0.3 is 15.4 Å². The highest BCUT2D eigenvalue weighted by Crippen LogP contribution is 2.10. The molecule has 0 saturated carbocycles. The quantitative estimate of drug-likeness (QED) is 0.623. The number of aromatic hydroxyl groups is 1. The zero-order chi connectivity index (χ0) is 19.2. The van der Waals surface area contributed by atoms with Gasteiger partial charge in [-0.25, -0.2) is 9.37 Å². The Balaban J connectivity index is 1.71. The number of carbonyl (C=O) groups is 1. The second kappa shape index (κ2) is 8.27. The average Bonchev–Trinajstić information content (AvgIpc) is 2.69. The molecule has 27 heavy (non-hydrogen) atoms. The second-order valence-electron chi connectivity index (χ2n) is 6.00. The molecule has 138 valence electrons. The number of aryl methyl sites for hydroxylation is 2. The van der Waals surface area contributed by atoms with Gasteiger partial charge in [0.25, 0.3) is 11.5 Å². The number of nitrogens with zero attached hydrogens (tertiary/aromatic N) is 1. The maximum Gasteiger partial charge on any atom is 0.293 e. The third-order valence-electron chi connectivity index (χ3n) is 4.02. The fourth-order valence-corrected chi connectivity index (χ4v) is 2.57. The van der Waals surface area contributed by atoms with Gasteiger partial charge in [0.15, 0.2) is 5.69 Å². The van der Waals surface area contributed by atoms with Gasteiger partial charge >= 0.3 is 0 Å². The highest BCUT2D eigenvalue weighted by Gasteiger charge is 2.17. The fraction of sp³-hybridized carbons (Fsp3) is 0.150. The maximum absolute atomic E-state index is 12.9. The Morgan fingerprint density at radius 3 is 2.44 bits per heavy atom. The van der Waals surface area contributed by atoms with E-state index in [9.17, 15) is 19.1 Å². The van der Waals surface area contributed by atoms with Crippen molar-refractivity contribution in [1.29, 1.82) is 0 Å². The van der Waals surface area contributed by atoms with Gasteiger partial charge in [0, 0.05) is 13.0 Å². The SMILES string of the molecule is O=C(NCc1ccc(F)cc1)c1nc(CCc2ccccc2)[nH]c(=O)c1O. The van der Waals surface area contributed by atoms with Gasteiger partial charge in [-0.1, -0.05) is 42.5 Å². The molecule has 0 bridgehead atoms. The summed E-state index contributed by atoms with van der Waals surface area (Å²) in [7, 11) is 0. The van der Waals surface area contributed by atoms with Gasteiger partial charge in [-0.2, -0.15) is 0 Å². The summed E-state index contributed by atoms with van der Waals surface area (Å²) in [6.07, 6.45) is 1.04. The lowest BCUT2D eigenvalue weighted by molar-refractivity contribution is 0.0942. The summed E-state index contributed by atoms with van der Waals surface area (Å²) in [6.45, 7) is 0.117. The number of rotatable bonds is 6. The van der Waals surface area contributed by atoms with Gasteiger partial charge in [-0.05, 0) is 29.7 Å². The number of H-pyrrole nitrogens is 1. The molecule has 3 aromatic rings. The van der Waals surface area contributed by atoms with Crippen LogP contribution in [0.3, 0.4) is 0 Å². The van der Waals surface area contributed by atoms with Crippen LogP contribution in [0.25, 0.3) is 0 Å². The number of hydrogen-bond acceptors (Lipinski definition) is 4. The molecule has 0 aliphatic heterocycles. The predicted octanol–water partition coefficient (Wildman–Crippen LogP) is 2.33. The minimum Gasteiger partial charge on any atom is -0.501 e. The Labute approximate surface area is 154 Å². The summed E-state index contributed by atoms with van der Waals surface area (Å²) in [4.78, 5) is 30.8. The van der Waals surface area contributed by atoms with Crippen molar-refractivity contribution in [2.45, 2.75) is 19.4 Å². The van der Waals surface area contributed by atoms with Crippen LogP contribution in [-0.2, 0) is 19.4 Å². The zero-order valence-electron chi connectivity index (χ0n) is 14.4. The van der Waals surface area contributed by atoms with Crippen molar-refractivity contribution in [3.8, 4) is 5.75 Å². The van der Waals surface area contributed by atoms with E-state index in [0.717, 1.165) is 5.56 Å². The monoisotopic (exact) mass is 367 g/mol. The molecule has 0 radical (unpaired) electrons. The molecule has 2 aromatic carbocycles. The summed E-state index contributed by atoms with van der Waals surface area (Å²) in [5.41, 5.74) is 0.651. The number of aromatic amines is 1. The Bertz CT molecular complexity index is 986. The normalized spacial score (nSPS) is 10.6. The fourth-order valence-electron chi connectivity index (χ4n) is 2.57. The van der Waals surface area contributed by atoms with Gasteiger partial charge in [0.1, 0.15) is 11.6 Å². The van der Waals surface area contributed by atoms with Crippen LogP contribution in [0.1, 0.15) is 27.4 Å². The second-order valence-corrected chi connectivity index (χ2v) is 6.00. The standard InChI is InChI=1S/C20H18FN3O3/c21-15-9-6-14(7-10-15)12-22-19(26)17-18(25)20(27)24-16(23-17)11-8-13-4-2-1-3-5-13/h1-7,9-10,25H,8,11-12H2,(H,22,26)(H,23,24,27). The molecule has 0 aliphatic rings. The molecule has 0 aliphatic carbocycles. The van der Waals surface area contributed by atoms with E-state index in [1.165, 1.54) is 24.3 Å². The topological polar surface area (TPSA) is 95.1 Å². The molecule has 0 spiro atoms. The van der Waals surface area contributed by atoms with Crippen molar-refractivity contribution in [2.75, 3.05) is 0 Å². The summed E-state index contributed by atoms with van der Waals surface area (Å²) >= 11 is 0. The number of carbonyl (C=O) groups excluding carboxylic acids is 1. The predicted molar refractivity (Wildman–Crippen MR) is 97.9 cm³/mol. The number of benzene rings is 2. The van der Waals surface area contributed by atoms with Crippen LogP contribution in [0, 0.1) is 5.82 Å². The first-order valence-corrected chi connectivity index (χ1v) is 8.41. The van der Waals surface area contributed by atoms with Crippen LogP contribution in [0.5, 0.6) is 5.75 Å². The van der Waals surface area contributed by atoms with Crippen molar-refractivity contribution >= 4 is 5.91 Å². The molecule has 6 nitrogen and oxygen atoms in total. The largest absolute Gasteiger partial charge is 0.501 e. The number of halogens is 1. The lowest BCUT2D eigenvalue weighted by atomic mass is 10.1. The van der Waals surface area contributed by atoms with E-state index in [0.29, 0.717) is 24.2 Å². The molecule has 7 heteroatoms. The number of aromatic nitrogens is 2. The highest BCUT2D eigenvalue weighted by atomic mass is 19.1. The average molecular weight is 367 g/mol. The Hall–Kier alpha value is -3.48. The molecule has 3 rings (SSSR count). The number of hydrogen-bond donors (Lipinski definition) is 3. The van der Waals surface area contributed by atoms with Crippen LogP contribution >= 0.6 is 0 Å². The van der Waals surface area contributed by atoms with Crippen molar-refractivity contribution in [2.24, 2.45) is 0 Å². The Morgan fingerprint density at radius 2 is 1.74 bits per heavy atom. The molecular formula is C20H18FN3O3. The Morgan fingerprint density at radius 1 is 1.04 bits per heavy atom. The molecule has 0 fully saturated rings. The lowest BCUT2D eigenvalue weighted by Gasteiger charge is -2.08. The van der Waals surface area contributed by atoms with E-state index in [4.69, 9.17) is 0 Å². The van der Waals surface area contributed by atoms with Crippen molar-refractivity contribution in [1.82, 2.24) is 15.3 Å². The van der Waals surface area contributed by atoms with Gasteiger partial charge in [-0.3, -0.25) is 9.59 Å². The molecule has 1 amide bonds. The van der Waals surface area contributed by atoms with Gasteiger partial charge in [0.05, 0.1) is 0 Å².